The van der Waals surface area contributed by atoms with Crippen molar-refractivity contribution in [1.29, 1.82) is 0 Å². The van der Waals surface area contributed by atoms with Gasteiger partial charge < -0.3 is 10.5 Å². The van der Waals surface area contributed by atoms with Crippen molar-refractivity contribution >= 4 is 17.3 Å². The fourth-order valence-corrected chi connectivity index (χ4v) is 2.73. The minimum atomic E-state index is 0.216. The summed E-state index contributed by atoms with van der Waals surface area (Å²) in [5.74, 6) is 0.679. The third kappa shape index (κ3) is 2.48. The first-order valence-electron chi connectivity index (χ1n) is 6.60. The fraction of sp³-hybridized carbons (Fsp3) is 0.462. The first kappa shape index (κ1) is 13.3. The first-order valence-corrected chi connectivity index (χ1v) is 6.98. The van der Waals surface area contributed by atoms with Crippen molar-refractivity contribution in [1.82, 2.24) is 20.2 Å². The molecule has 1 aliphatic heterocycles. The monoisotopic (exact) mass is 293 g/mol. The van der Waals surface area contributed by atoms with Gasteiger partial charge in [-0.25, -0.2) is 4.68 Å². The third-order valence-corrected chi connectivity index (χ3v) is 3.79. The Morgan fingerprint density at radius 2 is 2.30 bits per heavy atom. The summed E-state index contributed by atoms with van der Waals surface area (Å²) in [5.41, 5.74) is 7.40. The standard InChI is InChI=1S/C13H16ClN5O/c1-8-6-10(4-5-20-8)19-13(16-17-18-19)11-3-2-9(14)7-12(11)15/h2-3,7-8,10H,4-6,15H2,1H3. The number of hydrogen-bond donors (Lipinski definition) is 1. The Labute approximate surface area is 121 Å². The van der Waals surface area contributed by atoms with Crippen molar-refractivity contribution in [2.75, 3.05) is 12.3 Å². The van der Waals surface area contributed by atoms with E-state index in [0.29, 0.717) is 16.5 Å². The summed E-state index contributed by atoms with van der Waals surface area (Å²) in [6, 6.07) is 5.59. The molecule has 0 spiro atoms. The number of tetrazole rings is 1. The minimum absolute atomic E-state index is 0.216. The molecule has 0 amide bonds. The Hall–Kier alpha value is -1.66. The zero-order chi connectivity index (χ0) is 14.1. The molecule has 1 aromatic heterocycles. The summed E-state index contributed by atoms with van der Waals surface area (Å²) in [4.78, 5) is 0. The quantitative estimate of drug-likeness (QED) is 0.860. The second kappa shape index (κ2) is 5.38. The van der Waals surface area contributed by atoms with Gasteiger partial charge in [-0.15, -0.1) is 5.10 Å². The van der Waals surface area contributed by atoms with Crippen LogP contribution in [0.3, 0.4) is 0 Å². The molecule has 1 aromatic carbocycles. The van der Waals surface area contributed by atoms with Crippen molar-refractivity contribution < 1.29 is 4.74 Å². The number of halogens is 1. The normalized spacial score (nSPS) is 22.9. The number of nitrogen functional groups attached to an aromatic ring is 1. The summed E-state index contributed by atoms with van der Waals surface area (Å²) >= 11 is 5.93. The van der Waals surface area contributed by atoms with Crippen LogP contribution in [0.25, 0.3) is 11.4 Å². The molecule has 106 valence electrons. The molecular formula is C13H16ClN5O. The topological polar surface area (TPSA) is 78.9 Å². The van der Waals surface area contributed by atoms with E-state index in [1.165, 1.54) is 0 Å². The van der Waals surface area contributed by atoms with Crippen molar-refractivity contribution in [3.8, 4) is 11.4 Å². The van der Waals surface area contributed by atoms with Crippen molar-refractivity contribution in [3.05, 3.63) is 23.2 Å². The summed E-state index contributed by atoms with van der Waals surface area (Å²) < 4.78 is 7.41. The number of hydrogen-bond acceptors (Lipinski definition) is 5. The third-order valence-electron chi connectivity index (χ3n) is 3.55. The van der Waals surface area contributed by atoms with Gasteiger partial charge in [0.15, 0.2) is 5.82 Å². The zero-order valence-electron chi connectivity index (χ0n) is 11.2. The maximum absolute atomic E-state index is 6.02. The molecule has 0 saturated carbocycles. The van der Waals surface area contributed by atoms with Crippen molar-refractivity contribution in [2.24, 2.45) is 0 Å². The van der Waals surface area contributed by atoms with Crippen LogP contribution < -0.4 is 5.73 Å². The van der Waals surface area contributed by atoms with Gasteiger partial charge in [0.05, 0.1) is 12.1 Å². The van der Waals surface area contributed by atoms with E-state index in [0.717, 1.165) is 25.0 Å². The molecule has 3 rings (SSSR count). The van der Waals surface area contributed by atoms with Crippen LogP contribution in [0.1, 0.15) is 25.8 Å². The molecule has 1 fully saturated rings. The lowest BCUT2D eigenvalue weighted by molar-refractivity contribution is 0.00351. The molecule has 7 heteroatoms. The molecule has 20 heavy (non-hydrogen) atoms. The summed E-state index contributed by atoms with van der Waals surface area (Å²) in [6.07, 6.45) is 2.01. The van der Waals surface area contributed by atoms with Crippen LogP contribution in [0, 0.1) is 0 Å². The van der Waals surface area contributed by atoms with Gasteiger partial charge in [-0.1, -0.05) is 11.6 Å². The van der Waals surface area contributed by atoms with Crippen molar-refractivity contribution in [3.63, 3.8) is 0 Å². The Morgan fingerprint density at radius 1 is 1.45 bits per heavy atom. The molecule has 1 aliphatic rings. The second-order valence-electron chi connectivity index (χ2n) is 5.04. The summed E-state index contributed by atoms with van der Waals surface area (Å²) in [6.45, 7) is 2.79. The van der Waals surface area contributed by atoms with E-state index in [1.807, 2.05) is 10.7 Å². The van der Waals surface area contributed by atoms with E-state index in [1.54, 1.807) is 12.1 Å². The lowest BCUT2D eigenvalue weighted by Crippen LogP contribution is -2.26. The van der Waals surface area contributed by atoms with Gasteiger partial charge in [-0.2, -0.15) is 0 Å². The fourth-order valence-electron chi connectivity index (χ4n) is 2.55. The number of anilines is 1. The Morgan fingerprint density at radius 3 is 3.05 bits per heavy atom. The SMILES string of the molecule is CC1CC(n2nnnc2-c2ccc(Cl)cc2N)CCO1. The van der Waals surface area contributed by atoms with E-state index in [2.05, 4.69) is 22.4 Å². The number of ether oxygens (including phenoxy) is 1. The highest BCUT2D eigenvalue weighted by molar-refractivity contribution is 6.31. The molecule has 2 atom stereocenters. The molecule has 0 bridgehead atoms. The van der Waals surface area contributed by atoms with E-state index in [9.17, 15) is 0 Å². The summed E-state index contributed by atoms with van der Waals surface area (Å²) in [5, 5.41) is 12.6. The summed E-state index contributed by atoms with van der Waals surface area (Å²) in [7, 11) is 0. The van der Waals surface area contributed by atoms with Crippen LogP contribution in [0.5, 0.6) is 0 Å². The average molecular weight is 294 g/mol. The van der Waals surface area contributed by atoms with Gasteiger partial charge >= 0.3 is 0 Å². The average Bonchev–Trinajstić information content (AvgIpc) is 2.87. The molecule has 2 heterocycles. The van der Waals surface area contributed by atoms with Crippen LogP contribution in [0.4, 0.5) is 5.69 Å². The lowest BCUT2D eigenvalue weighted by Gasteiger charge is -2.27. The second-order valence-corrected chi connectivity index (χ2v) is 5.47. The zero-order valence-corrected chi connectivity index (χ0v) is 11.9. The predicted octanol–water partition coefficient (Wildman–Crippen LogP) is 2.32. The molecule has 1 saturated heterocycles. The molecule has 2 aromatic rings. The van der Waals surface area contributed by atoms with Gasteiger partial charge in [0.25, 0.3) is 0 Å². The van der Waals surface area contributed by atoms with E-state index in [4.69, 9.17) is 22.1 Å². The molecule has 2 unspecified atom stereocenters. The molecule has 0 aliphatic carbocycles. The van der Waals surface area contributed by atoms with Crippen LogP contribution in [-0.4, -0.2) is 32.9 Å². The maximum atomic E-state index is 6.02. The van der Waals surface area contributed by atoms with Crippen LogP contribution in [0.2, 0.25) is 5.02 Å². The van der Waals surface area contributed by atoms with E-state index < -0.39 is 0 Å². The largest absolute Gasteiger partial charge is 0.398 e. The number of rotatable bonds is 2. The Kier molecular flexibility index (Phi) is 3.58. The van der Waals surface area contributed by atoms with Crippen LogP contribution >= 0.6 is 11.6 Å². The Bertz CT molecular complexity index is 615. The number of nitrogens with two attached hydrogens (primary N) is 1. The van der Waals surface area contributed by atoms with Gasteiger partial charge in [0.1, 0.15) is 0 Å². The van der Waals surface area contributed by atoms with Crippen LogP contribution in [-0.2, 0) is 4.74 Å². The van der Waals surface area contributed by atoms with Crippen LogP contribution in [0.15, 0.2) is 18.2 Å². The van der Waals surface area contributed by atoms with Gasteiger partial charge in [-0.3, -0.25) is 0 Å². The molecule has 6 nitrogen and oxygen atoms in total. The highest BCUT2D eigenvalue weighted by Gasteiger charge is 2.25. The number of benzene rings is 1. The number of nitrogens with zero attached hydrogens (tertiary/aromatic N) is 4. The van der Waals surface area contributed by atoms with Crippen molar-refractivity contribution in [2.45, 2.75) is 31.9 Å². The smallest absolute Gasteiger partial charge is 0.184 e. The molecule has 0 radical (unpaired) electrons. The highest BCUT2D eigenvalue weighted by atomic mass is 35.5. The minimum Gasteiger partial charge on any atom is -0.398 e. The van der Waals surface area contributed by atoms with E-state index in [-0.39, 0.29) is 12.1 Å². The Balaban J connectivity index is 1.97. The molecular weight excluding hydrogens is 278 g/mol. The molecule has 2 N–H and O–H groups in total. The highest BCUT2D eigenvalue weighted by Crippen LogP contribution is 2.31. The van der Waals surface area contributed by atoms with Gasteiger partial charge in [0, 0.05) is 22.9 Å². The van der Waals surface area contributed by atoms with E-state index >= 15 is 0 Å². The maximum Gasteiger partial charge on any atom is 0.184 e. The van der Waals surface area contributed by atoms with Gasteiger partial charge in [0.2, 0.25) is 0 Å². The van der Waals surface area contributed by atoms with Gasteiger partial charge in [-0.05, 0) is 48.4 Å². The first-order chi connectivity index (χ1) is 9.65. The number of aromatic nitrogens is 4. The lowest BCUT2D eigenvalue weighted by atomic mass is 10.0. The predicted molar refractivity (Wildman–Crippen MR) is 76.4 cm³/mol.